The van der Waals surface area contributed by atoms with Crippen LogP contribution in [-0.2, 0) is 16.1 Å². The standard InChI is InChI=1S/C20H35N5O3/c1-24(2)13-20(27)21-17-9-8-16(28-19(17)14-26)10-11-25-12-18(22-23-25)15-6-4-3-5-7-15/h12,15-17,19,26H,3-11,13-14H2,1-2H3,(H,21,27)/t16-,17-,19-/m1/s1. The van der Waals surface area contributed by atoms with Crippen LogP contribution >= 0.6 is 0 Å². The Kier molecular flexibility index (Phi) is 7.82. The molecule has 2 heterocycles. The third-order valence-corrected chi connectivity index (χ3v) is 5.86. The average Bonchev–Trinajstić information content (AvgIpc) is 3.16. The van der Waals surface area contributed by atoms with Crippen molar-refractivity contribution in [3.8, 4) is 0 Å². The number of hydrogen-bond donors (Lipinski definition) is 2. The maximum atomic E-state index is 12.0. The number of nitrogens with zero attached hydrogens (tertiary/aromatic N) is 4. The zero-order chi connectivity index (χ0) is 19.9. The molecule has 8 heteroatoms. The Morgan fingerprint density at radius 1 is 1.29 bits per heavy atom. The summed E-state index contributed by atoms with van der Waals surface area (Å²) < 4.78 is 7.98. The van der Waals surface area contributed by atoms with Crippen molar-refractivity contribution >= 4 is 5.91 Å². The molecule has 28 heavy (non-hydrogen) atoms. The SMILES string of the molecule is CN(C)CC(=O)N[C@@H]1CC[C@H](CCn2cc(C3CCCCC3)nn2)O[C@@H]1CO. The molecular formula is C20H35N5O3. The van der Waals surface area contributed by atoms with Crippen LogP contribution in [0, 0.1) is 0 Å². The first-order valence-corrected chi connectivity index (χ1v) is 10.7. The quantitative estimate of drug-likeness (QED) is 0.692. The molecule has 1 aromatic rings. The predicted molar refractivity (Wildman–Crippen MR) is 106 cm³/mol. The largest absolute Gasteiger partial charge is 0.394 e. The smallest absolute Gasteiger partial charge is 0.234 e. The Bertz CT molecular complexity index is 615. The molecule has 0 spiro atoms. The first kappa shape index (κ1) is 21.2. The molecule has 0 aromatic carbocycles. The van der Waals surface area contributed by atoms with Gasteiger partial charge in [-0.3, -0.25) is 9.48 Å². The number of amides is 1. The normalized spacial score (nSPS) is 26.5. The number of ether oxygens (including phenoxy) is 1. The maximum Gasteiger partial charge on any atom is 0.234 e. The second kappa shape index (κ2) is 10.3. The minimum atomic E-state index is -0.349. The molecule has 158 valence electrons. The van der Waals surface area contributed by atoms with Crippen molar-refractivity contribution in [2.45, 2.75) is 82.1 Å². The van der Waals surface area contributed by atoms with E-state index in [1.165, 1.54) is 32.1 Å². The lowest BCUT2D eigenvalue weighted by Gasteiger charge is -2.36. The molecule has 1 aliphatic carbocycles. The molecule has 0 radical (unpaired) electrons. The molecule has 0 unspecified atom stereocenters. The Morgan fingerprint density at radius 3 is 2.79 bits per heavy atom. The van der Waals surface area contributed by atoms with Gasteiger partial charge < -0.3 is 20.1 Å². The van der Waals surface area contributed by atoms with Crippen molar-refractivity contribution in [2.24, 2.45) is 0 Å². The summed E-state index contributed by atoms with van der Waals surface area (Å²) in [5, 5.41) is 21.4. The van der Waals surface area contributed by atoms with Gasteiger partial charge in [-0.1, -0.05) is 24.5 Å². The fourth-order valence-electron chi connectivity index (χ4n) is 4.33. The summed E-state index contributed by atoms with van der Waals surface area (Å²) in [7, 11) is 3.72. The van der Waals surface area contributed by atoms with Gasteiger partial charge in [0, 0.05) is 18.7 Å². The highest BCUT2D eigenvalue weighted by Crippen LogP contribution is 2.31. The van der Waals surface area contributed by atoms with Gasteiger partial charge in [0.15, 0.2) is 0 Å². The van der Waals surface area contributed by atoms with Gasteiger partial charge in [-0.2, -0.15) is 0 Å². The van der Waals surface area contributed by atoms with E-state index in [0.717, 1.165) is 31.5 Å². The third-order valence-electron chi connectivity index (χ3n) is 5.86. The highest BCUT2D eigenvalue weighted by Gasteiger charge is 2.31. The lowest BCUT2D eigenvalue weighted by molar-refractivity contribution is -0.129. The molecule has 1 saturated heterocycles. The molecule has 2 aliphatic rings. The van der Waals surface area contributed by atoms with Gasteiger partial charge in [0.1, 0.15) is 6.10 Å². The second-order valence-corrected chi connectivity index (χ2v) is 8.50. The first-order chi connectivity index (χ1) is 13.5. The minimum Gasteiger partial charge on any atom is -0.394 e. The number of carbonyl (C=O) groups excluding carboxylic acids is 1. The number of nitrogens with one attached hydrogen (secondary N) is 1. The van der Waals surface area contributed by atoms with E-state index in [0.29, 0.717) is 12.5 Å². The maximum absolute atomic E-state index is 12.0. The van der Waals surface area contributed by atoms with Crippen molar-refractivity contribution in [1.82, 2.24) is 25.2 Å². The van der Waals surface area contributed by atoms with Crippen LogP contribution in [0.25, 0.3) is 0 Å². The summed E-state index contributed by atoms with van der Waals surface area (Å²) in [5.41, 5.74) is 1.13. The molecule has 2 N–H and O–H groups in total. The highest BCUT2D eigenvalue weighted by molar-refractivity contribution is 5.78. The summed E-state index contributed by atoms with van der Waals surface area (Å²) in [4.78, 5) is 13.8. The van der Waals surface area contributed by atoms with Gasteiger partial charge in [-0.05, 0) is 46.2 Å². The van der Waals surface area contributed by atoms with E-state index >= 15 is 0 Å². The summed E-state index contributed by atoms with van der Waals surface area (Å²) in [6.07, 6.45) is 10.7. The van der Waals surface area contributed by atoms with E-state index in [9.17, 15) is 9.90 Å². The molecule has 2 fully saturated rings. The van der Waals surface area contributed by atoms with Crippen LogP contribution in [0.3, 0.4) is 0 Å². The Labute approximate surface area is 167 Å². The second-order valence-electron chi connectivity index (χ2n) is 8.50. The van der Waals surface area contributed by atoms with Crippen molar-refractivity contribution < 1.29 is 14.6 Å². The van der Waals surface area contributed by atoms with Crippen molar-refractivity contribution in [2.75, 3.05) is 27.2 Å². The average molecular weight is 394 g/mol. The zero-order valence-corrected chi connectivity index (χ0v) is 17.2. The van der Waals surface area contributed by atoms with Gasteiger partial charge in [0.2, 0.25) is 5.91 Å². The van der Waals surface area contributed by atoms with Crippen molar-refractivity contribution in [1.29, 1.82) is 0 Å². The molecule has 3 rings (SSSR count). The van der Waals surface area contributed by atoms with Gasteiger partial charge in [0.25, 0.3) is 0 Å². The summed E-state index contributed by atoms with van der Waals surface area (Å²) >= 11 is 0. The highest BCUT2D eigenvalue weighted by atomic mass is 16.5. The summed E-state index contributed by atoms with van der Waals surface area (Å²) in [6, 6.07) is -0.127. The van der Waals surface area contributed by atoms with Crippen LogP contribution in [-0.4, -0.2) is 76.4 Å². The molecule has 1 aliphatic heterocycles. The molecule has 8 nitrogen and oxygen atoms in total. The molecule has 1 amide bonds. The number of aryl methyl sites for hydroxylation is 1. The van der Waals surface area contributed by atoms with E-state index in [1.807, 2.05) is 23.7 Å². The van der Waals surface area contributed by atoms with Crippen LogP contribution in [0.15, 0.2) is 6.20 Å². The van der Waals surface area contributed by atoms with Gasteiger partial charge in [-0.15, -0.1) is 5.10 Å². The van der Waals surface area contributed by atoms with E-state index < -0.39 is 0 Å². The number of likely N-dealkylation sites (N-methyl/N-ethyl adjacent to an activating group) is 1. The summed E-state index contributed by atoms with van der Waals surface area (Å²) in [6.45, 7) is 1.02. The number of aliphatic hydroxyl groups excluding tert-OH is 1. The summed E-state index contributed by atoms with van der Waals surface area (Å²) in [5.74, 6) is 0.534. The topological polar surface area (TPSA) is 92.5 Å². The first-order valence-electron chi connectivity index (χ1n) is 10.7. The number of carbonyl (C=O) groups is 1. The minimum absolute atomic E-state index is 0.0339. The van der Waals surface area contributed by atoms with Crippen molar-refractivity contribution in [3.63, 3.8) is 0 Å². The number of hydrogen-bond acceptors (Lipinski definition) is 6. The lowest BCUT2D eigenvalue weighted by atomic mass is 9.87. The third kappa shape index (κ3) is 5.99. The number of aromatic nitrogens is 3. The Balaban J connectivity index is 1.44. The molecular weight excluding hydrogens is 358 g/mol. The monoisotopic (exact) mass is 393 g/mol. The van der Waals surface area contributed by atoms with E-state index in [-0.39, 0.29) is 30.8 Å². The fraction of sp³-hybridized carbons (Fsp3) is 0.850. The molecule has 0 bridgehead atoms. The Hall–Kier alpha value is -1.51. The van der Waals surface area contributed by atoms with Crippen LogP contribution in [0.4, 0.5) is 0 Å². The van der Waals surface area contributed by atoms with Crippen LogP contribution in [0.2, 0.25) is 0 Å². The zero-order valence-electron chi connectivity index (χ0n) is 17.2. The molecule has 3 atom stereocenters. The molecule has 1 saturated carbocycles. The lowest BCUT2D eigenvalue weighted by Crippen LogP contribution is -2.52. The fourth-order valence-corrected chi connectivity index (χ4v) is 4.33. The van der Waals surface area contributed by atoms with Crippen molar-refractivity contribution in [3.05, 3.63) is 11.9 Å². The van der Waals surface area contributed by atoms with Crippen LogP contribution < -0.4 is 5.32 Å². The Morgan fingerprint density at radius 2 is 2.07 bits per heavy atom. The van der Waals surface area contributed by atoms with Gasteiger partial charge >= 0.3 is 0 Å². The molecule has 1 aromatic heterocycles. The van der Waals surface area contributed by atoms with Gasteiger partial charge in [0.05, 0.1) is 31.0 Å². The van der Waals surface area contributed by atoms with E-state index in [4.69, 9.17) is 4.74 Å². The number of aliphatic hydroxyl groups is 1. The number of rotatable bonds is 8. The van der Waals surface area contributed by atoms with E-state index in [2.05, 4.69) is 21.8 Å². The van der Waals surface area contributed by atoms with Crippen LogP contribution in [0.1, 0.15) is 63.0 Å². The van der Waals surface area contributed by atoms with Gasteiger partial charge in [-0.25, -0.2) is 0 Å². The predicted octanol–water partition coefficient (Wildman–Crippen LogP) is 1.30. The van der Waals surface area contributed by atoms with Crippen LogP contribution in [0.5, 0.6) is 0 Å². The van der Waals surface area contributed by atoms with E-state index in [1.54, 1.807) is 0 Å².